The molecular formula is C22H16Cl2N2O3. The Kier molecular flexibility index (Phi) is 5.43. The van der Waals surface area contributed by atoms with Crippen molar-refractivity contribution >= 4 is 45.9 Å². The van der Waals surface area contributed by atoms with Crippen LogP contribution in [0.4, 0.5) is 5.69 Å². The van der Waals surface area contributed by atoms with Gasteiger partial charge in [0.2, 0.25) is 5.89 Å². The summed E-state index contributed by atoms with van der Waals surface area (Å²) in [6.45, 7) is 1.80. The van der Waals surface area contributed by atoms with Gasteiger partial charge in [-0.3, -0.25) is 4.79 Å². The fourth-order valence-corrected chi connectivity index (χ4v) is 3.32. The van der Waals surface area contributed by atoms with Gasteiger partial charge in [-0.05, 0) is 55.0 Å². The van der Waals surface area contributed by atoms with Crippen LogP contribution < -0.4 is 10.1 Å². The maximum atomic E-state index is 12.2. The Labute approximate surface area is 177 Å². The fraction of sp³-hybridized carbons (Fsp3) is 0.0909. The van der Waals surface area contributed by atoms with E-state index in [1.54, 1.807) is 42.5 Å². The van der Waals surface area contributed by atoms with Crippen molar-refractivity contribution in [2.45, 2.75) is 6.92 Å². The average Bonchev–Trinajstić information content (AvgIpc) is 3.10. The number of carbonyl (C=O) groups excluding carboxylic acids is 1. The van der Waals surface area contributed by atoms with Gasteiger partial charge in [0.15, 0.2) is 12.2 Å². The zero-order valence-corrected chi connectivity index (χ0v) is 16.9. The van der Waals surface area contributed by atoms with Gasteiger partial charge in [0.05, 0.1) is 15.6 Å². The molecule has 1 heterocycles. The SMILES string of the molecule is Cc1ccc(-c2nc3cc(NC(=O)COc4ccccc4Cl)ccc3o2)c(Cl)c1. The molecule has 0 saturated heterocycles. The molecule has 1 aromatic heterocycles. The number of rotatable bonds is 5. The molecule has 0 bridgehead atoms. The molecular weight excluding hydrogens is 411 g/mol. The van der Waals surface area contributed by atoms with Gasteiger partial charge in [-0.25, -0.2) is 4.98 Å². The summed E-state index contributed by atoms with van der Waals surface area (Å²) >= 11 is 12.3. The predicted octanol–water partition coefficient (Wildman–Crippen LogP) is 6.13. The van der Waals surface area contributed by atoms with Gasteiger partial charge < -0.3 is 14.5 Å². The zero-order chi connectivity index (χ0) is 20.4. The number of benzene rings is 3. The van der Waals surface area contributed by atoms with E-state index in [9.17, 15) is 4.79 Å². The average molecular weight is 427 g/mol. The highest BCUT2D eigenvalue weighted by atomic mass is 35.5. The van der Waals surface area contributed by atoms with Crippen LogP contribution in [0.25, 0.3) is 22.6 Å². The number of hydrogen-bond donors (Lipinski definition) is 1. The first kappa shape index (κ1) is 19.3. The van der Waals surface area contributed by atoms with E-state index in [4.69, 9.17) is 32.4 Å². The molecule has 0 aliphatic carbocycles. The summed E-state index contributed by atoms with van der Waals surface area (Å²) in [5.41, 5.74) is 3.56. The quantitative estimate of drug-likeness (QED) is 0.416. The largest absolute Gasteiger partial charge is 0.482 e. The van der Waals surface area contributed by atoms with E-state index in [2.05, 4.69) is 10.3 Å². The summed E-state index contributed by atoms with van der Waals surface area (Å²) in [7, 11) is 0. The first-order valence-corrected chi connectivity index (χ1v) is 9.59. The predicted molar refractivity (Wildman–Crippen MR) is 115 cm³/mol. The number of carbonyl (C=O) groups is 1. The smallest absolute Gasteiger partial charge is 0.262 e. The molecule has 1 N–H and O–H groups in total. The van der Waals surface area contributed by atoms with Crippen molar-refractivity contribution in [1.29, 1.82) is 0 Å². The van der Waals surface area contributed by atoms with Crippen LogP contribution in [0.15, 0.2) is 65.1 Å². The molecule has 0 aliphatic rings. The van der Waals surface area contributed by atoms with Crippen LogP contribution in [0, 0.1) is 6.92 Å². The summed E-state index contributed by atoms with van der Waals surface area (Å²) in [5, 5.41) is 3.80. The van der Waals surface area contributed by atoms with Crippen molar-refractivity contribution in [3.63, 3.8) is 0 Å². The number of halogens is 2. The maximum Gasteiger partial charge on any atom is 0.262 e. The highest BCUT2D eigenvalue weighted by Gasteiger charge is 2.13. The van der Waals surface area contributed by atoms with Crippen molar-refractivity contribution in [3.05, 3.63) is 76.3 Å². The molecule has 29 heavy (non-hydrogen) atoms. The van der Waals surface area contributed by atoms with E-state index < -0.39 is 0 Å². The second-order valence-corrected chi connectivity index (χ2v) is 7.27. The lowest BCUT2D eigenvalue weighted by Crippen LogP contribution is -2.20. The second kappa shape index (κ2) is 8.15. The van der Waals surface area contributed by atoms with Gasteiger partial charge in [0.25, 0.3) is 5.91 Å². The standard InChI is InChI=1S/C22H16Cl2N2O3/c1-13-6-8-15(17(24)10-13)22-26-18-11-14(7-9-20(18)29-22)25-21(27)12-28-19-5-3-2-4-16(19)23/h2-11H,12H2,1H3,(H,25,27). The lowest BCUT2D eigenvalue weighted by atomic mass is 10.1. The van der Waals surface area contributed by atoms with Gasteiger partial charge in [-0.2, -0.15) is 0 Å². The minimum absolute atomic E-state index is 0.162. The van der Waals surface area contributed by atoms with Gasteiger partial charge >= 0.3 is 0 Å². The van der Waals surface area contributed by atoms with Gasteiger partial charge in [-0.1, -0.05) is 41.4 Å². The number of nitrogens with one attached hydrogen (secondary N) is 1. The number of hydrogen-bond acceptors (Lipinski definition) is 4. The molecule has 4 aromatic rings. The molecule has 0 unspecified atom stereocenters. The summed E-state index contributed by atoms with van der Waals surface area (Å²) in [4.78, 5) is 16.7. The van der Waals surface area contributed by atoms with Gasteiger partial charge in [0, 0.05) is 5.69 Å². The number of oxazole rings is 1. The Hall–Kier alpha value is -3.02. The number of aromatic nitrogens is 1. The molecule has 0 atom stereocenters. The van der Waals surface area contributed by atoms with Crippen LogP contribution >= 0.6 is 23.2 Å². The van der Waals surface area contributed by atoms with Crippen LogP contribution in [0.1, 0.15) is 5.56 Å². The molecule has 0 radical (unpaired) electrons. The van der Waals surface area contributed by atoms with Crippen LogP contribution in [0.2, 0.25) is 10.0 Å². The first-order valence-electron chi connectivity index (χ1n) is 8.84. The lowest BCUT2D eigenvalue weighted by molar-refractivity contribution is -0.118. The number of ether oxygens (including phenoxy) is 1. The van der Waals surface area contributed by atoms with Crippen molar-refractivity contribution in [2.24, 2.45) is 0 Å². The molecule has 0 aliphatic heterocycles. The minimum atomic E-state index is -0.311. The van der Waals surface area contributed by atoms with Crippen LogP contribution in [-0.2, 0) is 4.79 Å². The molecule has 0 spiro atoms. The second-order valence-electron chi connectivity index (χ2n) is 6.45. The zero-order valence-electron chi connectivity index (χ0n) is 15.4. The molecule has 5 nitrogen and oxygen atoms in total. The summed E-state index contributed by atoms with van der Waals surface area (Å²) in [6.07, 6.45) is 0. The number of anilines is 1. The first-order chi connectivity index (χ1) is 14.0. The Morgan fingerprint density at radius 3 is 2.69 bits per heavy atom. The minimum Gasteiger partial charge on any atom is -0.482 e. The number of amides is 1. The molecule has 7 heteroatoms. The third-order valence-corrected chi connectivity index (χ3v) is 4.85. The van der Waals surface area contributed by atoms with E-state index >= 15 is 0 Å². The molecule has 0 fully saturated rings. The highest BCUT2D eigenvalue weighted by molar-refractivity contribution is 6.33. The molecule has 146 valence electrons. The van der Waals surface area contributed by atoms with E-state index in [0.717, 1.165) is 5.56 Å². The Morgan fingerprint density at radius 1 is 1.07 bits per heavy atom. The Bertz CT molecular complexity index is 1200. The topological polar surface area (TPSA) is 64.4 Å². The normalized spacial score (nSPS) is 10.9. The van der Waals surface area contributed by atoms with Crippen molar-refractivity contribution in [1.82, 2.24) is 4.98 Å². The lowest BCUT2D eigenvalue weighted by Gasteiger charge is -2.08. The number of fused-ring (bicyclic) bond motifs is 1. The van der Waals surface area contributed by atoms with E-state index in [-0.39, 0.29) is 12.5 Å². The monoisotopic (exact) mass is 426 g/mol. The number of nitrogens with zero attached hydrogens (tertiary/aromatic N) is 1. The Morgan fingerprint density at radius 2 is 1.90 bits per heavy atom. The molecule has 1 amide bonds. The fourth-order valence-electron chi connectivity index (χ4n) is 2.82. The van der Waals surface area contributed by atoms with Crippen LogP contribution in [0.5, 0.6) is 5.75 Å². The van der Waals surface area contributed by atoms with E-state index in [0.29, 0.717) is 44.0 Å². The van der Waals surface area contributed by atoms with E-state index in [1.165, 1.54) is 0 Å². The highest BCUT2D eigenvalue weighted by Crippen LogP contribution is 2.31. The van der Waals surface area contributed by atoms with E-state index in [1.807, 2.05) is 25.1 Å². The third kappa shape index (κ3) is 4.36. The van der Waals surface area contributed by atoms with Gasteiger partial charge in [-0.15, -0.1) is 0 Å². The van der Waals surface area contributed by atoms with Crippen molar-refractivity contribution < 1.29 is 13.9 Å². The van der Waals surface area contributed by atoms with Crippen molar-refractivity contribution in [3.8, 4) is 17.2 Å². The van der Waals surface area contributed by atoms with Crippen molar-refractivity contribution in [2.75, 3.05) is 11.9 Å². The maximum absolute atomic E-state index is 12.2. The van der Waals surface area contributed by atoms with Crippen LogP contribution in [-0.4, -0.2) is 17.5 Å². The summed E-state index contributed by atoms with van der Waals surface area (Å²) in [5.74, 6) is 0.570. The molecule has 3 aromatic carbocycles. The van der Waals surface area contributed by atoms with Gasteiger partial charge in [0.1, 0.15) is 11.3 Å². The van der Waals surface area contributed by atoms with Crippen LogP contribution in [0.3, 0.4) is 0 Å². The Balaban J connectivity index is 1.49. The number of para-hydroxylation sites is 1. The molecule has 0 saturated carbocycles. The summed E-state index contributed by atoms with van der Waals surface area (Å²) in [6, 6.07) is 17.9. The molecule has 4 rings (SSSR count). The number of aryl methyl sites for hydroxylation is 1. The third-order valence-electron chi connectivity index (χ3n) is 4.22. The summed E-state index contributed by atoms with van der Waals surface area (Å²) < 4.78 is 11.3.